The first-order chi connectivity index (χ1) is 8.04. The van der Waals surface area contributed by atoms with Gasteiger partial charge in [-0.25, -0.2) is 0 Å². The van der Waals surface area contributed by atoms with Gasteiger partial charge in [-0.05, 0) is 32.0 Å². The van der Waals surface area contributed by atoms with Crippen molar-refractivity contribution < 1.29 is 4.74 Å². The highest BCUT2D eigenvalue weighted by atomic mass is 79.9. The number of ether oxygens (including phenoxy) is 1. The molecule has 4 heteroatoms. The molecule has 1 aliphatic rings. The van der Waals surface area contributed by atoms with E-state index in [9.17, 15) is 5.26 Å². The summed E-state index contributed by atoms with van der Waals surface area (Å²) in [6, 6.07) is 8.01. The fourth-order valence-electron chi connectivity index (χ4n) is 2.13. The molecule has 0 N–H and O–H groups in total. The molecule has 0 radical (unpaired) electrons. The molecule has 90 valence electrons. The quantitative estimate of drug-likeness (QED) is 0.799. The van der Waals surface area contributed by atoms with E-state index in [4.69, 9.17) is 4.74 Å². The molecule has 0 bridgehead atoms. The molecule has 1 aromatic rings. The van der Waals surface area contributed by atoms with Crippen molar-refractivity contribution in [1.82, 2.24) is 0 Å². The molecule has 17 heavy (non-hydrogen) atoms. The van der Waals surface area contributed by atoms with Crippen molar-refractivity contribution in [3.8, 4) is 6.07 Å². The molecule has 0 unspecified atom stereocenters. The molecule has 0 atom stereocenters. The highest BCUT2D eigenvalue weighted by Gasteiger charge is 2.31. The van der Waals surface area contributed by atoms with Gasteiger partial charge in [0, 0.05) is 11.0 Å². The van der Waals surface area contributed by atoms with Gasteiger partial charge in [0.1, 0.15) is 6.07 Å². The predicted molar refractivity (Wildman–Crippen MR) is 71.1 cm³/mol. The summed E-state index contributed by atoms with van der Waals surface area (Å²) in [5, 5.41) is 9.19. The van der Waals surface area contributed by atoms with Gasteiger partial charge in [-0.3, -0.25) is 0 Å². The summed E-state index contributed by atoms with van der Waals surface area (Å²) in [7, 11) is 0. The van der Waals surface area contributed by atoms with Gasteiger partial charge in [-0.2, -0.15) is 5.26 Å². The van der Waals surface area contributed by atoms with E-state index in [2.05, 4.69) is 40.7 Å². The minimum Gasteiger partial charge on any atom is -0.377 e. The van der Waals surface area contributed by atoms with Crippen LogP contribution in [0.1, 0.15) is 19.4 Å². The Kier molecular flexibility index (Phi) is 3.41. The van der Waals surface area contributed by atoms with Crippen LogP contribution in [0, 0.1) is 11.3 Å². The summed E-state index contributed by atoms with van der Waals surface area (Å²) in [6.07, 6.45) is 0. The molecule has 1 heterocycles. The Bertz CT molecular complexity index is 465. The molecule has 1 saturated heterocycles. The van der Waals surface area contributed by atoms with E-state index in [0.717, 1.165) is 16.7 Å². The van der Waals surface area contributed by atoms with Crippen molar-refractivity contribution in [3.63, 3.8) is 0 Å². The summed E-state index contributed by atoms with van der Waals surface area (Å²) < 4.78 is 6.50. The largest absolute Gasteiger partial charge is 0.377 e. The van der Waals surface area contributed by atoms with Crippen LogP contribution >= 0.6 is 15.9 Å². The second-order valence-corrected chi connectivity index (χ2v) is 5.71. The van der Waals surface area contributed by atoms with Crippen molar-refractivity contribution >= 4 is 21.6 Å². The topological polar surface area (TPSA) is 36.3 Å². The number of anilines is 1. The number of hydrogen-bond donors (Lipinski definition) is 0. The van der Waals surface area contributed by atoms with Gasteiger partial charge < -0.3 is 9.64 Å². The van der Waals surface area contributed by atoms with Crippen LogP contribution in [0.5, 0.6) is 0 Å². The van der Waals surface area contributed by atoms with E-state index in [0.29, 0.717) is 18.8 Å². The lowest BCUT2D eigenvalue weighted by Crippen LogP contribution is -2.53. The first-order valence-corrected chi connectivity index (χ1v) is 6.39. The molecular weight excluding hydrogens is 280 g/mol. The summed E-state index contributed by atoms with van der Waals surface area (Å²) in [6.45, 7) is 6.48. The third kappa shape index (κ3) is 2.46. The average Bonchev–Trinajstić information content (AvgIpc) is 2.28. The van der Waals surface area contributed by atoms with E-state index < -0.39 is 0 Å². The van der Waals surface area contributed by atoms with Crippen LogP contribution in [0.3, 0.4) is 0 Å². The molecule has 0 amide bonds. The zero-order valence-electron chi connectivity index (χ0n) is 10.0. The van der Waals surface area contributed by atoms with Gasteiger partial charge in [-0.1, -0.05) is 15.9 Å². The van der Waals surface area contributed by atoms with E-state index >= 15 is 0 Å². The lowest BCUT2D eigenvalue weighted by Gasteiger charge is -2.44. The molecule has 0 saturated carbocycles. The predicted octanol–water partition coefficient (Wildman–Crippen LogP) is 2.94. The second kappa shape index (κ2) is 4.67. The fourth-order valence-corrected chi connectivity index (χ4v) is 2.48. The number of benzene rings is 1. The van der Waals surface area contributed by atoms with Crippen LogP contribution in [0.15, 0.2) is 22.7 Å². The molecule has 1 fully saturated rings. The Morgan fingerprint density at radius 2 is 2.24 bits per heavy atom. The maximum atomic E-state index is 9.19. The van der Waals surface area contributed by atoms with Crippen LogP contribution in [-0.4, -0.2) is 25.3 Å². The first kappa shape index (κ1) is 12.4. The molecule has 1 aromatic carbocycles. The van der Waals surface area contributed by atoms with Crippen LogP contribution in [0.4, 0.5) is 5.69 Å². The number of halogens is 1. The Morgan fingerprint density at radius 3 is 2.88 bits per heavy atom. The molecule has 3 nitrogen and oxygen atoms in total. The Labute approximate surface area is 110 Å². The first-order valence-electron chi connectivity index (χ1n) is 5.59. The van der Waals surface area contributed by atoms with Crippen LogP contribution in [0.25, 0.3) is 0 Å². The van der Waals surface area contributed by atoms with E-state index in [1.807, 2.05) is 18.2 Å². The Balaban J connectivity index is 2.45. The second-order valence-electron chi connectivity index (χ2n) is 4.79. The van der Waals surface area contributed by atoms with E-state index in [-0.39, 0.29) is 5.54 Å². The number of nitrogens with zero attached hydrogens (tertiary/aromatic N) is 2. The lowest BCUT2D eigenvalue weighted by molar-refractivity contribution is 0.0644. The van der Waals surface area contributed by atoms with Crippen molar-refractivity contribution in [2.75, 3.05) is 24.7 Å². The van der Waals surface area contributed by atoms with E-state index in [1.165, 1.54) is 0 Å². The zero-order valence-corrected chi connectivity index (χ0v) is 11.6. The van der Waals surface area contributed by atoms with Crippen molar-refractivity contribution in [2.24, 2.45) is 0 Å². The van der Waals surface area contributed by atoms with Gasteiger partial charge in [0.05, 0.1) is 30.0 Å². The van der Waals surface area contributed by atoms with Crippen molar-refractivity contribution in [3.05, 3.63) is 28.2 Å². The number of morpholine rings is 1. The highest BCUT2D eigenvalue weighted by molar-refractivity contribution is 9.10. The standard InChI is InChI=1S/C13H15BrN2O/c1-13(2)9-17-6-5-16(13)12-7-11(14)4-3-10(12)8-15/h3-4,7H,5-6,9H2,1-2H3. The molecule has 0 aromatic heterocycles. The van der Waals surface area contributed by atoms with Gasteiger partial charge in [0.15, 0.2) is 0 Å². The van der Waals surface area contributed by atoms with Crippen LogP contribution in [-0.2, 0) is 4.74 Å². The van der Waals surface area contributed by atoms with Gasteiger partial charge in [0.2, 0.25) is 0 Å². The zero-order chi connectivity index (χ0) is 12.5. The van der Waals surface area contributed by atoms with Crippen LogP contribution < -0.4 is 4.90 Å². The minimum atomic E-state index is -0.0787. The summed E-state index contributed by atoms with van der Waals surface area (Å²) >= 11 is 3.46. The van der Waals surface area contributed by atoms with Gasteiger partial charge in [-0.15, -0.1) is 0 Å². The summed E-state index contributed by atoms with van der Waals surface area (Å²) in [4.78, 5) is 2.25. The molecule has 1 aliphatic heterocycles. The Morgan fingerprint density at radius 1 is 1.47 bits per heavy atom. The summed E-state index contributed by atoms with van der Waals surface area (Å²) in [5.41, 5.74) is 1.61. The number of nitriles is 1. The fraction of sp³-hybridized carbons (Fsp3) is 0.462. The maximum absolute atomic E-state index is 9.19. The normalized spacial score (nSPS) is 18.8. The number of hydrogen-bond acceptors (Lipinski definition) is 3. The Hall–Kier alpha value is -1.05. The summed E-state index contributed by atoms with van der Waals surface area (Å²) in [5.74, 6) is 0. The highest BCUT2D eigenvalue weighted by Crippen LogP contribution is 2.31. The molecule has 2 rings (SSSR count). The lowest BCUT2D eigenvalue weighted by atomic mass is 10.00. The molecule has 0 aliphatic carbocycles. The van der Waals surface area contributed by atoms with Crippen molar-refractivity contribution in [2.45, 2.75) is 19.4 Å². The van der Waals surface area contributed by atoms with Crippen LogP contribution in [0.2, 0.25) is 0 Å². The third-order valence-corrected chi connectivity index (χ3v) is 3.51. The molecular formula is C13H15BrN2O. The minimum absolute atomic E-state index is 0.0787. The average molecular weight is 295 g/mol. The third-order valence-electron chi connectivity index (χ3n) is 3.02. The smallest absolute Gasteiger partial charge is 0.101 e. The monoisotopic (exact) mass is 294 g/mol. The van der Waals surface area contributed by atoms with Crippen molar-refractivity contribution in [1.29, 1.82) is 5.26 Å². The number of rotatable bonds is 1. The van der Waals surface area contributed by atoms with Gasteiger partial charge >= 0.3 is 0 Å². The molecule has 0 spiro atoms. The van der Waals surface area contributed by atoms with E-state index in [1.54, 1.807) is 0 Å². The maximum Gasteiger partial charge on any atom is 0.101 e. The van der Waals surface area contributed by atoms with Gasteiger partial charge in [0.25, 0.3) is 0 Å². The SMILES string of the molecule is CC1(C)COCCN1c1cc(Br)ccc1C#N.